The molecule has 3 heterocycles. The molecule has 4 rings (SSSR count). The molecule has 0 N–H and O–H groups in total. The molecule has 2 amide bonds. The molecule has 0 saturated carbocycles. The maximum absolute atomic E-state index is 12.8. The van der Waals surface area contributed by atoms with Gasteiger partial charge in [0.25, 0.3) is 0 Å². The Morgan fingerprint density at radius 1 is 1.00 bits per heavy atom. The first-order valence-corrected chi connectivity index (χ1v) is 11.3. The highest BCUT2D eigenvalue weighted by Crippen LogP contribution is 2.23. The summed E-state index contributed by atoms with van der Waals surface area (Å²) in [7, 11) is 1.69. The monoisotopic (exact) mass is 414 g/mol. The van der Waals surface area contributed by atoms with Crippen molar-refractivity contribution in [2.45, 2.75) is 38.1 Å². The van der Waals surface area contributed by atoms with Crippen LogP contribution in [0.1, 0.15) is 32.1 Å². The quantitative estimate of drug-likeness (QED) is 0.736. The number of ether oxygens (including phenoxy) is 1. The Bertz CT molecular complexity index is 730. The molecule has 30 heavy (non-hydrogen) atoms. The molecule has 1 aromatic rings. The van der Waals surface area contributed by atoms with E-state index in [-0.39, 0.29) is 18.4 Å². The van der Waals surface area contributed by atoms with Crippen molar-refractivity contribution in [3.8, 4) is 5.75 Å². The normalized spacial score (nSPS) is 23.6. The van der Waals surface area contributed by atoms with E-state index in [0.717, 1.165) is 77.2 Å². The maximum Gasteiger partial charge on any atom is 0.242 e. The van der Waals surface area contributed by atoms with E-state index in [2.05, 4.69) is 21.9 Å². The molecule has 0 radical (unpaired) electrons. The van der Waals surface area contributed by atoms with Crippen LogP contribution in [0.5, 0.6) is 5.75 Å². The molecule has 3 aliphatic heterocycles. The third-order valence-corrected chi connectivity index (χ3v) is 6.76. The summed E-state index contributed by atoms with van der Waals surface area (Å²) in [5.74, 6) is 1.14. The lowest BCUT2D eigenvalue weighted by molar-refractivity contribution is -0.143. The zero-order chi connectivity index (χ0) is 20.9. The van der Waals surface area contributed by atoms with Crippen LogP contribution >= 0.6 is 0 Å². The number of nitrogens with zero attached hydrogens (tertiary/aromatic N) is 4. The molecule has 0 bridgehead atoms. The fraction of sp³-hybridized carbons (Fsp3) is 0.652. The van der Waals surface area contributed by atoms with E-state index in [1.165, 1.54) is 5.69 Å². The topological polar surface area (TPSA) is 56.3 Å². The first-order chi connectivity index (χ1) is 14.6. The molecule has 3 aliphatic rings. The van der Waals surface area contributed by atoms with Crippen molar-refractivity contribution in [3.63, 3.8) is 0 Å². The van der Waals surface area contributed by atoms with Gasteiger partial charge in [-0.25, -0.2) is 0 Å². The number of carbonyl (C=O) groups is 2. The fourth-order valence-corrected chi connectivity index (χ4v) is 4.91. The van der Waals surface area contributed by atoms with E-state index in [1.807, 2.05) is 17.0 Å². The molecule has 7 nitrogen and oxygen atoms in total. The van der Waals surface area contributed by atoms with Crippen LogP contribution in [0, 0.1) is 0 Å². The van der Waals surface area contributed by atoms with Gasteiger partial charge in [-0.3, -0.25) is 14.5 Å². The highest BCUT2D eigenvalue weighted by molar-refractivity contribution is 5.85. The van der Waals surface area contributed by atoms with Gasteiger partial charge in [0.05, 0.1) is 13.7 Å². The summed E-state index contributed by atoms with van der Waals surface area (Å²) in [4.78, 5) is 33.6. The molecule has 1 atom stereocenters. The van der Waals surface area contributed by atoms with Crippen molar-refractivity contribution in [3.05, 3.63) is 24.3 Å². The summed E-state index contributed by atoms with van der Waals surface area (Å²) < 4.78 is 5.26. The summed E-state index contributed by atoms with van der Waals surface area (Å²) >= 11 is 0. The van der Waals surface area contributed by atoms with Gasteiger partial charge in [0.2, 0.25) is 11.8 Å². The van der Waals surface area contributed by atoms with Crippen molar-refractivity contribution >= 4 is 17.5 Å². The molecule has 164 valence electrons. The number of piperidine rings is 2. The van der Waals surface area contributed by atoms with Crippen molar-refractivity contribution in [2.24, 2.45) is 0 Å². The number of methoxy groups -OCH3 is 1. The number of hydrogen-bond donors (Lipinski definition) is 0. The number of benzene rings is 1. The minimum atomic E-state index is 0.117. The summed E-state index contributed by atoms with van der Waals surface area (Å²) in [6.07, 6.45) is 4.75. The Hall–Kier alpha value is -2.28. The predicted molar refractivity (Wildman–Crippen MR) is 117 cm³/mol. The van der Waals surface area contributed by atoms with Crippen LogP contribution in [-0.2, 0) is 9.59 Å². The van der Waals surface area contributed by atoms with Crippen molar-refractivity contribution in [2.75, 3.05) is 64.4 Å². The highest BCUT2D eigenvalue weighted by Gasteiger charge is 2.31. The zero-order valence-corrected chi connectivity index (χ0v) is 18.1. The number of hydrogen-bond acceptors (Lipinski definition) is 5. The lowest BCUT2D eigenvalue weighted by Crippen LogP contribution is -2.57. The third kappa shape index (κ3) is 4.89. The second kappa shape index (κ2) is 9.69. The van der Waals surface area contributed by atoms with E-state index in [1.54, 1.807) is 12.0 Å². The minimum absolute atomic E-state index is 0.117. The van der Waals surface area contributed by atoms with E-state index in [4.69, 9.17) is 4.74 Å². The molecule has 0 aliphatic carbocycles. The van der Waals surface area contributed by atoms with Gasteiger partial charge in [-0.15, -0.1) is 0 Å². The smallest absolute Gasteiger partial charge is 0.242 e. The molecule has 0 spiro atoms. The molecule has 7 heteroatoms. The number of carbonyl (C=O) groups excluding carboxylic acids is 2. The number of likely N-dealkylation sites (tertiary alicyclic amines) is 2. The molecule has 3 saturated heterocycles. The number of amides is 2. The zero-order valence-electron chi connectivity index (χ0n) is 18.1. The minimum Gasteiger partial charge on any atom is -0.497 e. The third-order valence-electron chi connectivity index (χ3n) is 6.76. The van der Waals surface area contributed by atoms with Crippen LogP contribution in [0.4, 0.5) is 5.69 Å². The van der Waals surface area contributed by atoms with Crippen molar-refractivity contribution in [1.82, 2.24) is 14.7 Å². The van der Waals surface area contributed by atoms with Gasteiger partial charge in [-0.1, -0.05) is 0 Å². The Labute approximate surface area is 179 Å². The second-order valence-electron chi connectivity index (χ2n) is 8.63. The highest BCUT2D eigenvalue weighted by atomic mass is 16.5. The van der Waals surface area contributed by atoms with Gasteiger partial charge in [0.1, 0.15) is 5.75 Å². The number of rotatable bonds is 5. The van der Waals surface area contributed by atoms with Gasteiger partial charge >= 0.3 is 0 Å². The molecule has 1 aromatic carbocycles. The van der Waals surface area contributed by atoms with Gasteiger partial charge in [-0.05, 0) is 49.9 Å². The second-order valence-corrected chi connectivity index (χ2v) is 8.63. The Morgan fingerprint density at radius 3 is 2.47 bits per heavy atom. The maximum atomic E-state index is 12.8. The standard InChI is InChI=1S/C23H34N4O3/c1-30-21-9-7-19(8-10-21)24-13-15-25(16-14-24)20-5-4-12-26(17-20)23(29)18-27-11-3-2-6-22(27)28/h7-10,20H,2-6,11-18H2,1H3. The van der Waals surface area contributed by atoms with Crippen LogP contribution in [0.25, 0.3) is 0 Å². The first-order valence-electron chi connectivity index (χ1n) is 11.3. The van der Waals surface area contributed by atoms with Gasteiger partial charge in [0, 0.05) is 64.0 Å². The Balaban J connectivity index is 1.27. The SMILES string of the molecule is COc1ccc(N2CCN(C3CCCN(C(=O)CN4CCCCC4=O)C3)CC2)cc1. The average Bonchev–Trinajstić information content (AvgIpc) is 2.81. The molecule has 3 fully saturated rings. The molecular weight excluding hydrogens is 380 g/mol. The van der Waals surface area contributed by atoms with Crippen LogP contribution in [-0.4, -0.2) is 92.0 Å². The van der Waals surface area contributed by atoms with E-state index < -0.39 is 0 Å². The summed E-state index contributed by atoms with van der Waals surface area (Å²) in [6.45, 7) is 6.64. The van der Waals surface area contributed by atoms with Gasteiger partial charge < -0.3 is 19.4 Å². The van der Waals surface area contributed by atoms with Crippen LogP contribution in [0.15, 0.2) is 24.3 Å². The van der Waals surface area contributed by atoms with Crippen molar-refractivity contribution in [1.29, 1.82) is 0 Å². The van der Waals surface area contributed by atoms with Crippen LogP contribution in [0.2, 0.25) is 0 Å². The van der Waals surface area contributed by atoms with Crippen LogP contribution < -0.4 is 9.64 Å². The van der Waals surface area contributed by atoms with Gasteiger partial charge in [-0.2, -0.15) is 0 Å². The number of piperazine rings is 1. The van der Waals surface area contributed by atoms with E-state index in [0.29, 0.717) is 12.5 Å². The van der Waals surface area contributed by atoms with Gasteiger partial charge in [0.15, 0.2) is 0 Å². The first kappa shape index (κ1) is 21.0. The molecular formula is C23H34N4O3. The van der Waals surface area contributed by atoms with E-state index in [9.17, 15) is 9.59 Å². The largest absolute Gasteiger partial charge is 0.497 e. The fourth-order valence-electron chi connectivity index (χ4n) is 4.91. The molecule has 0 aromatic heterocycles. The lowest BCUT2D eigenvalue weighted by atomic mass is 10.0. The Kier molecular flexibility index (Phi) is 6.77. The summed E-state index contributed by atoms with van der Waals surface area (Å²) in [5.41, 5.74) is 1.24. The van der Waals surface area contributed by atoms with E-state index >= 15 is 0 Å². The average molecular weight is 415 g/mol. The van der Waals surface area contributed by atoms with Crippen LogP contribution in [0.3, 0.4) is 0 Å². The lowest BCUT2D eigenvalue weighted by Gasteiger charge is -2.44. The predicted octanol–water partition coefficient (Wildman–Crippen LogP) is 1.82. The number of anilines is 1. The summed E-state index contributed by atoms with van der Waals surface area (Å²) in [5, 5.41) is 0. The Morgan fingerprint density at radius 2 is 1.77 bits per heavy atom. The van der Waals surface area contributed by atoms with Crippen molar-refractivity contribution < 1.29 is 14.3 Å². The molecule has 1 unspecified atom stereocenters. The summed E-state index contributed by atoms with van der Waals surface area (Å²) in [6, 6.07) is 8.70.